The van der Waals surface area contributed by atoms with E-state index in [1.165, 1.54) is 21.6 Å². The van der Waals surface area contributed by atoms with Gasteiger partial charge in [-0.15, -0.1) is 0 Å². The summed E-state index contributed by atoms with van der Waals surface area (Å²) in [5.41, 5.74) is 0. The number of aliphatic carboxylic acids is 1. The van der Waals surface area contributed by atoms with Crippen LogP contribution >= 0.6 is 21.6 Å². The third kappa shape index (κ3) is 9.49. The molecule has 0 heterocycles. The minimum atomic E-state index is -0.754. The first-order valence-corrected chi connectivity index (χ1v) is 6.15. The maximum Gasteiger partial charge on any atom is 0.304 e. The zero-order chi connectivity index (χ0) is 10.1. The van der Waals surface area contributed by atoms with E-state index in [4.69, 9.17) is 5.11 Å². The number of carboxylic acid groups (broad SMARTS) is 1. The molecular formula is C8H13NO2S2. The van der Waals surface area contributed by atoms with Gasteiger partial charge in [0.1, 0.15) is 0 Å². The van der Waals surface area contributed by atoms with E-state index in [0.717, 1.165) is 5.04 Å². The monoisotopic (exact) mass is 219 g/mol. The molecule has 0 aliphatic heterocycles. The van der Waals surface area contributed by atoms with Crippen LogP contribution in [0.4, 0.5) is 0 Å². The summed E-state index contributed by atoms with van der Waals surface area (Å²) in [6.45, 7) is 3.80. The van der Waals surface area contributed by atoms with Gasteiger partial charge in [0.15, 0.2) is 0 Å². The molecule has 0 saturated carbocycles. The first-order valence-electron chi connectivity index (χ1n) is 3.83. The summed E-state index contributed by atoms with van der Waals surface area (Å²) in [6.07, 6.45) is 3.78. The Kier molecular flexibility index (Phi) is 7.93. The number of carboxylic acids is 1. The first kappa shape index (κ1) is 12.6. The molecule has 0 amide bonds. The van der Waals surface area contributed by atoms with Gasteiger partial charge >= 0.3 is 5.97 Å². The molecule has 5 heteroatoms. The van der Waals surface area contributed by atoms with Gasteiger partial charge in [0.2, 0.25) is 0 Å². The normalized spacial score (nSPS) is 12.3. The molecule has 3 nitrogen and oxygen atoms in total. The van der Waals surface area contributed by atoms with Crippen LogP contribution in [0.25, 0.3) is 0 Å². The lowest BCUT2D eigenvalue weighted by atomic mass is 10.5. The molecule has 13 heavy (non-hydrogen) atoms. The lowest BCUT2D eigenvalue weighted by molar-refractivity contribution is -0.136. The fourth-order valence-corrected chi connectivity index (χ4v) is 2.21. The maximum absolute atomic E-state index is 10.2. The average molecular weight is 219 g/mol. The van der Waals surface area contributed by atoms with E-state index >= 15 is 0 Å². The minimum absolute atomic E-state index is 0.203. The van der Waals surface area contributed by atoms with Crippen molar-refractivity contribution in [3.63, 3.8) is 0 Å². The van der Waals surface area contributed by atoms with Crippen LogP contribution in [0, 0.1) is 0 Å². The summed E-state index contributed by atoms with van der Waals surface area (Å²) < 4.78 is 0. The standard InChI is InChI=1S/C8H13NO2S2/c1-3-5-9-7(2)13-12-6-4-8(10)11/h3,5H,4,6H2,1-2H3,(H,10,11). The number of rotatable bonds is 5. The minimum Gasteiger partial charge on any atom is -0.481 e. The lowest BCUT2D eigenvalue weighted by Gasteiger charge is -1.96. The Morgan fingerprint density at radius 1 is 1.62 bits per heavy atom. The van der Waals surface area contributed by atoms with Gasteiger partial charge in [-0.05, 0) is 24.6 Å². The van der Waals surface area contributed by atoms with Gasteiger partial charge in [0, 0.05) is 12.0 Å². The van der Waals surface area contributed by atoms with Gasteiger partial charge in [-0.3, -0.25) is 9.79 Å². The second kappa shape index (κ2) is 8.19. The SMILES string of the molecule is CC=CN=C(C)SSCCC(=O)O. The second-order valence-electron chi connectivity index (χ2n) is 2.18. The third-order valence-corrected chi connectivity index (χ3v) is 3.40. The second-order valence-corrected chi connectivity index (χ2v) is 4.79. The molecule has 0 unspecified atom stereocenters. The molecule has 0 aliphatic carbocycles. The molecule has 0 atom stereocenters. The summed E-state index contributed by atoms with van der Waals surface area (Å²) in [7, 11) is 3.02. The summed E-state index contributed by atoms with van der Waals surface area (Å²) >= 11 is 0. The Morgan fingerprint density at radius 2 is 2.31 bits per heavy atom. The van der Waals surface area contributed by atoms with Crippen LogP contribution in [0.15, 0.2) is 17.3 Å². The third-order valence-electron chi connectivity index (χ3n) is 0.984. The Balaban J connectivity index is 3.47. The van der Waals surface area contributed by atoms with Crippen LogP contribution in [0.1, 0.15) is 20.3 Å². The van der Waals surface area contributed by atoms with E-state index in [-0.39, 0.29) is 6.42 Å². The molecule has 1 N–H and O–H groups in total. The maximum atomic E-state index is 10.2. The van der Waals surface area contributed by atoms with Crippen molar-refractivity contribution in [1.82, 2.24) is 0 Å². The highest BCUT2D eigenvalue weighted by Crippen LogP contribution is 2.23. The highest BCUT2D eigenvalue weighted by molar-refractivity contribution is 8.82. The number of allylic oxidation sites excluding steroid dienone is 1. The van der Waals surface area contributed by atoms with Crippen molar-refractivity contribution in [2.24, 2.45) is 4.99 Å². The molecular weight excluding hydrogens is 206 g/mol. The summed E-state index contributed by atoms with van der Waals surface area (Å²) in [4.78, 5) is 14.2. The molecule has 74 valence electrons. The van der Waals surface area contributed by atoms with E-state index in [0.29, 0.717) is 5.75 Å². The van der Waals surface area contributed by atoms with Crippen molar-refractivity contribution < 1.29 is 9.90 Å². The van der Waals surface area contributed by atoms with Crippen molar-refractivity contribution in [2.45, 2.75) is 20.3 Å². The Hall–Kier alpha value is -0.420. The van der Waals surface area contributed by atoms with Crippen LogP contribution in [0.2, 0.25) is 0 Å². The molecule has 0 fully saturated rings. The van der Waals surface area contributed by atoms with Gasteiger partial charge in [-0.2, -0.15) is 0 Å². The fourth-order valence-electron chi connectivity index (χ4n) is 0.457. The Bertz CT molecular complexity index is 214. The zero-order valence-electron chi connectivity index (χ0n) is 7.69. The zero-order valence-corrected chi connectivity index (χ0v) is 9.32. The van der Waals surface area contributed by atoms with Gasteiger partial charge in [0.05, 0.1) is 11.5 Å². The van der Waals surface area contributed by atoms with Gasteiger partial charge in [0.25, 0.3) is 0 Å². The van der Waals surface area contributed by atoms with E-state index in [1.54, 1.807) is 6.20 Å². The van der Waals surface area contributed by atoms with Crippen molar-refractivity contribution in [3.05, 3.63) is 12.3 Å². The van der Waals surface area contributed by atoms with E-state index in [9.17, 15) is 4.79 Å². The van der Waals surface area contributed by atoms with Crippen LogP contribution in [-0.2, 0) is 4.79 Å². The molecule has 0 aromatic rings. The van der Waals surface area contributed by atoms with Gasteiger partial charge in [-0.1, -0.05) is 16.9 Å². The molecule has 0 aromatic carbocycles. The summed E-state index contributed by atoms with van der Waals surface area (Å²) in [5.74, 6) is -0.140. The average Bonchev–Trinajstić information content (AvgIpc) is 2.08. The molecule has 0 saturated heterocycles. The summed E-state index contributed by atoms with van der Waals surface area (Å²) in [5, 5.41) is 9.29. The van der Waals surface area contributed by atoms with Crippen LogP contribution < -0.4 is 0 Å². The molecule has 0 spiro atoms. The Morgan fingerprint density at radius 3 is 2.85 bits per heavy atom. The number of aliphatic imine (C=N–C) groups is 1. The highest BCUT2D eigenvalue weighted by Gasteiger charge is 1.97. The van der Waals surface area contributed by atoms with Crippen molar-refractivity contribution >= 4 is 32.6 Å². The Labute approximate surface area is 86.1 Å². The number of hydrogen-bond acceptors (Lipinski definition) is 4. The van der Waals surface area contributed by atoms with Gasteiger partial charge < -0.3 is 5.11 Å². The molecule has 0 aliphatic rings. The number of nitrogens with zero attached hydrogens (tertiary/aromatic N) is 1. The van der Waals surface area contributed by atoms with E-state index < -0.39 is 5.97 Å². The largest absolute Gasteiger partial charge is 0.481 e. The van der Waals surface area contributed by atoms with Crippen LogP contribution in [0.5, 0.6) is 0 Å². The highest BCUT2D eigenvalue weighted by atomic mass is 33.1. The first-order chi connectivity index (χ1) is 6.16. The van der Waals surface area contributed by atoms with Gasteiger partial charge in [-0.25, -0.2) is 0 Å². The predicted molar refractivity (Wildman–Crippen MR) is 60.2 cm³/mol. The smallest absolute Gasteiger partial charge is 0.304 e. The number of carbonyl (C=O) groups is 1. The van der Waals surface area contributed by atoms with E-state index in [2.05, 4.69) is 4.99 Å². The van der Waals surface area contributed by atoms with Crippen molar-refractivity contribution in [2.75, 3.05) is 5.75 Å². The van der Waals surface area contributed by atoms with Crippen LogP contribution in [-0.4, -0.2) is 21.9 Å². The van der Waals surface area contributed by atoms with Crippen molar-refractivity contribution in [3.8, 4) is 0 Å². The molecule has 0 bridgehead atoms. The summed E-state index contributed by atoms with van der Waals surface area (Å²) in [6, 6.07) is 0. The predicted octanol–water partition coefficient (Wildman–Crippen LogP) is 2.79. The lowest BCUT2D eigenvalue weighted by Crippen LogP contribution is -1.95. The van der Waals surface area contributed by atoms with E-state index in [1.807, 2.05) is 19.9 Å². The molecule has 0 radical (unpaired) electrons. The quantitative estimate of drug-likeness (QED) is 0.334. The number of hydrogen-bond donors (Lipinski definition) is 1. The topological polar surface area (TPSA) is 49.7 Å². The van der Waals surface area contributed by atoms with Crippen molar-refractivity contribution in [1.29, 1.82) is 0 Å². The van der Waals surface area contributed by atoms with Crippen LogP contribution in [0.3, 0.4) is 0 Å². The fraction of sp³-hybridized carbons (Fsp3) is 0.500. The molecule has 0 aromatic heterocycles. The molecule has 0 rings (SSSR count).